The Morgan fingerprint density at radius 2 is 1.35 bits per heavy atom. The number of likely N-dealkylation sites (N-methyl/N-ethyl adjacent to an activating group) is 1. The summed E-state index contributed by atoms with van der Waals surface area (Å²) in [5, 5.41) is 139. The van der Waals surface area contributed by atoms with Gasteiger partial charge in [-0.3, -0.25) is 84.4 Å². The van der Waals surface area contributed by atoms with Gasteiger partial charge in [-0.25, -0.2) is 0 Å². The number of hydrogen-bond acceptors (Lipinski definition) is 33. The molecule has 3 unspecified atom stereocenters. The third-order valence-corrected chi connectivity index (χ3v) is 20.8. The number of carbonyl (C=O) groups is 10. The maximum atomic E-state index is 13.8. The fourth-order valence-electron chi connectivity index (χ4n) is 10.9. The van der Waals surface area contributed by atoms with E-state index >= 15 is 0 Å². The van der Waals surface area contributed by atoms with Gasteiger partial charge in [-0.05, 0) is 66.4 Å². The number of guanidine groups is 1. The quantitative estimate of drug-likeness (QED) is 0.00560. The van der Waals surface area contributed by atoms with Crippen molar-refractivity contribution in [1.82, 2.24) is 84.7 Å². The first-order chi connectivity index (χ1) is 53.2. The number of thioether (sulfide) groups is 1. The van der Waals surface area contributed by atoms with Crippen LogP contribution in [0.5, 0.6) is 0 Å². The first kappa shape index (κ1) is 98.8. The van der Waals surface area contributed by atoms with E-state index in [0.29, 0.717) is 96.8 Å². The van der Waals surface area contributed by atoms with Gasteiger partial charge in [0.2, 0.25) is 47.3 Å². The second-order valence-electron chi connectivity index (χ2n) is 27.2. The van der Waals surface area contributed by atoms with Gasteiger partial charge in [0.15, 0.2) is 5.96 Å². The number of aliphatic carboxylic acids is 2. The summed E-state index contributed by atoms with van der Waals surface area (Å²) in [6.45, 7) is 16.6. The Labute approximate surface area is 663 Å². The number of nitrogens with two attached hydrogens (primary N) is 2. The predicted molar refractivity (Wildman–Crippen MR) is 419 cm³/mol. The second kappa shape index (κ2) is 54.4. The van der Waals surface area contributed by atoms with Crippen molar-refractivity contribution < 1.29 is 104 Å². The molecule has 0 spiro atoms. The lowest BCUT2D eigenvalue weighted by Crippen LogP contribution is -2.61. The second-order valence-corrected chi connectivity index (χ2v) is 30.8. The molecule has 0 radical (unpaired) electrons. The van der Waals surface area contributed by atoms with Crippen LogP contribution in [0.15, 0.2) is 45.6 Å². The van der Waals surface area contributed by atoms with Crippen LogP contribution in [0.1, 0.15) is 92.1 Å². The van der Waals surface area contributed by atoms with E-state index in [1.54, 1.807) is 44.2 Å². The van der Waals surface area contributed by atoms with E-state index in [1.165, 1.54) is 10.8 Å². The molecule has 0 aromatic heterocycles. The molecule has 636 valence electrons. The van der Waals surface area contributed by atoms with Crippen LogP contribution >= 0.6 is 33.3 Å². The van der Waals surface area contributed by atoms with Crippen molar-refractivity contribution in [3.05, 3.63) is 35.9 Å². The average molecular weight is 1650 g/mol. The van der Waals surface area contributed by atoms with Gasteiger partial charge in [0, 0.05) is 108 Å². The number of hydrogen-bond donors (Lipinski definition) is 26. The van der Waals surface area contributed by atoms with Crippen molar-refractivity contribution in [3.63, 3.8) is 0 Å². The Hall–Kier alpha value is -7.42. The van der Waals surface area contributed by atoms with Crippen molar-refractivity contribution in [1.29, 1.82) is 0 Å². The molecule has 42 nitrogen and oxygen atoms in total. The molecular formula is C67H119N21O21S3. The lowest BCUT2D eigenvalue weighted by molar-refractivity contribution is -0.141. The maximum absolute atomic E-state index is 13.8. The minimum atomic E-state index is -1.79. The van der Waals surface area contributed by atoms with Gasteiger partial charge in [0.1, 0.15) is 43.2 Å². The lowest BCUT2D eigenvalue weighted by Gasteiger charge is -2.35. The van der Waals surface area contributed by atoms with Crippen LogP contribution in [-0.2, 0) is 63.8 Å². The zero-order chi connectivity index (χ0) is 83.2. The molecule has 1 aromatic carbocycles. The number of nitrogens with one attached hydrogen (secondary N) is 15. The van der Waals surface area contributed by atoms with E-state index < -0.39 is 158 Å². The number of carboxylic acid groups (broad SMARTS) is 2. The van der Waals surface area contributed by atoms with Crippen LogP contribution in [0.4, 0.5) is 0 Å². The Morgan fingerprint density at radius 1 is 0.723 bits per heavy atom. The van der Waals surface area contributed by atoms with Crippen LogP contribution in [0, 0.1) is 0 Å². The summed E-state index contributed by atoms with van der Waals surface area (Å²) in [6, 6.07) is -0.150. The van der Waals surface area contributed by atoms with Gasteiger partial charge in [-0.1, -0.05) is 62.2 Å². The van der Waals surface area contributed by atoms with E-state index in [1.807, 2.05) is 27.7 Å². The van der Waals surface area contributed by atoms with E-state index in [0.717, 1.165) is 28.1 Å². The third kappa shape index (κ3) is 41.6. The molecule has 3 aliphatic rings. The number of carbonyl (C=O) groups excluding carboxylic acids is 8. The SMILES string of the molecule is CC(O)NCCOCCOCCNC(=O)CCC(=O)NCCN1CCNC(C)(C)/C(=N\O)C/C(=N/O)C(C)(C)NCC1.CCNC(=O)[C@@H]1CSSC[C@H](NC(=O)[C@H](CC(=O)O)NC(O)CNC(=O)[C@H](CCCN=C(N)N)NC(=O)[C@@H]2CSC[C@H](O)NCC(=O)N[C@@H](CC(=O)O)[C@H](O)N2)C(O)N[C@@H](Cc2ccccc2)C(=O)N1. The van der Waals surface area contributed by atoms with Crippen molar-refractivity contribution in [2.75, 3.05) is 128 Å². The highest BCUT2D eigenvalue weighted by atomic mass is 33.1. The van der Waals surface area contributed by atoms with Gasteiger partial charge in [-0.15, -0.1) is 0 Å². The Balaban J connectivity index is 0.000000660. The molecule has 12 atom stereocenters. The summed E-state index contributed by atoms with van der Waals surface area (Å²) in [7, 11) is 2.35. The summed E-state index contributed by atoms with van der Waals surface area (Å²) < 4.78 is 10.7. The van der Waals surface area contributed by atoms with Crippen LogP contribution in [-0.4, -0.2) is 340 Å². The fourth-order valence-corrected chi connectivity index (χ4v) is 14.3. The molecule has 0 aliphatic carbocycles. The highest BCUT2D eigenvalue weighted by Gasteiger charge is 2.37. The first-order valence-electron chi connectivity index (χ1n) is 36.8. The van der Waals surface area contributed by atoms with Gasteiger partial charge in [0.05, 0.1) is 105 Å². The highest BCUT2D eigenvalue weighted by Crippen LogP contribution is 2.25. The molecule has 28 N–H and O–H groups in total. The summed E-state index contributed by atoms with van der Waals surface area (Å²) in [5.41, 5.74) is 11.2. The average Bonchev–Trinajstić information content (AvgIpc) is 0.980. The molecule has 1 aromatic rings. The minimum Gasteiger partial charge on any atom is -0.481 e. The molecule has 8 amide bonds. The first-order valence-corrected chi connectivity index (χ1v) is 40.4. The van der Waals surface area contributed by atoms with E-state index in [-0.39, 0.29) is 85.9 Å². The number of ether oxygens (including phenoxy) is 2. The number of aliphatic hydroxyl groups is 5. The fraction of sp³-hybridized carbons (Fsp3) is 0.716. The van der Waals surface area contributed by atoms with Crippen molar-refractivity contribution in [3.8, 4) is 0 Å². The highest BCUT2D eigenvalue weighted by molar-refractivity contribution is 8.76. The van der Waals surface area contributed by atoms with E-state index in [9.17, 15) is 89.0 Å². The standard InChI is InChI=1S/C40H65N13O14S3.C27H54N8O7/c1-2-43-34(62)26-17-69-70-18-27(39(67)50-22(35(63)52-26)11-20-7-4-3-5-8-20)53-37(65)24(13-32(59)60)48-29(55)15-46-33(61)21(9-6-10-44-40(41)42)49-38(66)25-16-68-19-30(56)45-14-28(54)47-23(12-31(57)58)36(64)51-25;1-21(36)28-11-16-41-18-19-42-17-12-30-25(38)7-6-24(37)29-8-13-35-14-9-31-26(2,3)22(33-39)20-23(34-40)27(4,5)32-10-15-35/h3-5,7-8,21-27,29-30,36,39,45,48,50-51,55-56,64,67H,2,6,9-19H2,1H3,(H,43,62)(H,46,61)(H,47,54)(H,49,66)(H,52,63)(H,53,65)(H,57,58)(H,59,60)(H4,41,42,44);21,28,31-32,36,39-40H,6-20H2,1-5H3,(H,29,37)(H,30,38)/b;33-22-,34-23-/t21-,22-,23-,24-,25-,26-,27-,29?,30-,36-,39?;/m0./s1. The number of benzene rings is 1. The summed E-state index contributed by atoms with van der Waals surface area (Å²) >= 11 is 1.03. The van der Waals surface area contributed by atoms with E-state index in [4.69, 9.17) is 26.0 Å². The van der Waals surface area contributed by atoms with Crippen molar-refractivity contribution >= 4 is 110 Å². The molecule has 4 rings (SSSR count). The van der Waals surface area contributed by atoms with Crippen molar-refractivity contribution in [2.24, 2.45) is 26.8 Å². The van der Waals surface area contributed by atoms with Gasteiger partial charge in [0.25, 0.3) is 0 Å². The van der Waals surface area contributed by atoms with Gasteiger partial charge in [-0.2, -0.15) is 11.8 Å². The smallest absolute Gasteiger partial charge is 0.305 e. The molecule has 3 heterocycles. The van der Waals surface area contributed by atoms with Gasteiger partial charge >= 0.3 is 11.9 Å². The molecular weight excluding hydrogens is 1530 g/mol. The zero-order valence-electron chi connectivity index (χ0n) is 64.2. The minimum absolute atomic E-state index is 0.000297. The lowest BCUT2D eigenvalue weighted by atomic mass is 9.87. The molecule has 0 bridgehead atoms. The summed E-state index contributed by atoms with van der Waals surface area (Å²) in [4.78, 5) is 134. The number of amides is 8. The zero-order valence-corrected chi connectivity index (χ0v) is 66.7. The molecule has 45 heteroatoms. The predicted octanol–water partition coefficient (Wildman–Crippen LogP) is -7.63. The van der Waals surface area contributed by atoms with Gasteiger partial charge < -0.3 is 120 Å². The van der Waals surface area contributed by atoms with Crippen LogP contribution < -0.4 is 91.2 Å². The maximum Gasteiger partial charge on any atom is 0.305 e. The topological polar surface area (TPSA) is 644 Å². The number of aliphatic hydroxyl groups excluding tert-OH is 5. The molecule has 0 saturated carbocycles. The summed E-state index contributed by atoms with van der Waals surface area (Å²) in [6.07, 6.45) is -8.05. The van der Waals surface area contributed by atoms with Crippen LogP contribution in [0.25, 0.3) is 0 Å². The summed E-state index contributed by atoms with van der Waals surface area (Å²) in [5.74, 6) is -8.00. The number of carboxylic acids is 2. The van der Waals surface area contributed by atoms with E-state index in [2.05, 4.69) is 100.0 Å². The van der Waals surface area contributed by atoms with Crippen LogP contribution in [0.2, 0.25) is 0 Å². The molecule has 112 heavy (non-hydrogen) atoms. The Morgan fingerprint density at radius 3 is 1.95 bits per heavy atom. The number of aliphatic imine (C=N–C) groups is 1. The number of nitrogens with zero attached hydrogens (tertiary/aromatic N) is 4. The van der Waals surface area contributed by atoms with Crippen LogP contribution in [0.3, 0.4) is 0 Å². The van der Waals surface area contributed by atoms with Crippen molar-refractivity contribution in [2.45, 2.75) is 177 Å². The largest absolute Gasteiger partial charge is 0.481 e. The Bertz CT molecular complexity index is 3120. The normalized spacial score (nSPS) is 23.6. The molecule has 3 aliphatic heterocycles. The molecule has 3 fully saturated rings. The number of oxime groups is 2. The Kier molecular flexibility index (Phi) is 48.0. The number of rotatable bonds is 37. The monoisotopic (exact) mass is 1650 g/mol. The molecule has 3 saturated heterocycles. The third-order valence-electron chi connectivity index (χ3n) is 17.2.